The summed E-state index contributed by atoms with van der Waals surface area (Å²) in [5, 5.41) is 18.6. The lowest BCUT2D eigenvalue weighted by Gasteiger charge is -2.44. The van der Waals surface area contributed by atoms with Gasteiger partial charge in [-0.2, -0.15) is 5.26 Å². The van der Waals surface area contributed by atoms with Crippen LogP contribution in [0.2, 0.25) is 5.02 Å². The summed E-state index contributed by atoms with van der Waals surface area (Å²) in [6.45, 7) is 0. The first-order valence-electron chi connectivity index (χ1n) is 7.00. The van der Waals surface area contributed by atoms with E-state index in [2.05, 4.69) is 4.98 Å². The third-order valence-corrected chi connectivity index (χ3v) is 4.66. The molecule has 1 fully saturated rings. The van der Waals surface area contributed by atoms with E-state index in [1.54, 1.807) is 6.07 Å². The minimum absolute atomic E-state index is 0.0539. The number of nitrogens with zero attached hydrogens (tertiary/aromatic N) is 3. The highest BCUT2D eigenvalue weighted by atomic mass is 35.5. The van der Waals surface area contributed by atoms with Gasteiger partial charge in [0, 0.05) is 13.2 Å². The van der Waals surface area contributed by atoms with Crippen molar-refractivity contribution in [1.29, 1.82) is 5.26 Å². The van der Waals surface area contributed by atoms with Crippen molar-refractivity contribution in [2.45, 2.75) is 44.1 Å². The van der Waals surface area contributed by atoms with Gasteiger partial charge in [-0.25, -0.2) is 4.98 Å². The highest BCUT2D eigenvalue weighted by Gasteiger charge is 2.39. The summed E-state index contributed by atoms with van der Waals surface area (Å²) in [5.41, 5.74) is -0.121. The van der Waals surface area contributed by atoms with E-state index in [9.17, 15) is 9.90 Å². The summed E-state index contributed by atoms with van der Waals surface area (Å²) in [4.78, 5) is 17.4. The quantitative estimate of drug-likeness (QED) is 0.924. The van der Waals surface area contributed by atoms with Crippen molar-refractivity contribution in [3.8, 4) is 6.07 Å². The number of carboxylic acid groups (broad SMARTS) is 1. The van der Waals surface area contributed by atoms with Gasteiger partial charge in [-0.1, -0.05) is 30.9 Å². The van der Waals surface area contributed by atoms with Crippen LogP contribution in [0.1, 0.15) is 44.1 Å². The van der Waals surface area contributed by atoms with Gasteiger partial charge in [-0.3, -0.25) is 4.79 Å². The van der Waals surface area contributed by atoms with Gasteiger partial charge in [-0.05, 0) is 18.9 Å². The van der Waals surface area contributed by atoms with Crippen molar-refractivity contribution in [1.82, 2.24) is 4.98 Å². The lowest BCUT2D eigenvalue weighted by atomic mass is 9.78. The molecule has 1 N–H and O–H groups in total. The van der Waals surface area contributed by atoms with Crippen LogP contribution in [0.3, 0.4) is 0 Å². The van der Waals surface area contributed by atoms with Gasteiger partial charge in [0.05, 0.1) is 17.5 Å². The van der Waals surface area contributed by atoms with Gasteiger partial charge in [0.1, 0.15) is 16.9 Å². The van der Waals surface area contributed by atoms with E-state index in [-0.39, 0.29) is 11.4 Å². The summed E-state index contributed by atoms with van der Waals surface area (Å²) in [7, 11) is 1.82. The second kappa shape index (κ2) is 6.31. The molecule has 1 aromatic heterocycles. The molecule has 5 nitrogen and oxygen atoms in total. The van der Waals surface area contributed by atoms with E-state index in [4.69, 9.17) is 16.9 Å². The van der Waals surface area contributed by atoms with E-state index in [0.29, 0.717) is 11.4 Å². The maximum absolute atomic E-state index is 11.3. The van der Waals surface area contributed by atoms with Crippen molar-refractivity contribution in [3.05, 3.63) is 22.8 Å². The summed E-state index contributed by atoms with van der Waals surface area (Å²) < 4.78 is 0. The van der Waals surface area contributed by atoms with Crippen molar-refractivity contribution < 1.29 is 9.90 Å². The number of rotatable bonds is 4. The van der Waals surface area contributed by atoms with Crippen molar-refractivity contribution in [2.24, 2.45) is 0 Å². The number of carboxylic acids is 1. The molecule has 1 aliphatic carbocycles. The predicted octanol–water partition coefficient (Wildman–Crippen LogP) is 3.22. The fourth-order valence-corrected chi connectivity index (χ4v) is 3.38. The maximum atomic E-state index is 11.3. The average Bonchev–Trinajstić information content (AvgIpc) is 2.47. The highest BCUT2D eigenvalue weighted by molar-refractivity contribution is 6.34. The van der Waals surface area contributed by atoms with Crippen LogP contribution in [0, 0.1) is 11.3 Å². The summed E-state index contributed by atoms with van der Waals surface area (Å²) in [5.74, 6) is -0.338. The fourth-order valence-electron chi connectivity index (χ4n) is 3.10. The summed E-state index contributed by atoms with van der Waals surface area (Å²) >= 11 is 6.25. The number of hydrogen-bond donors (Lipinski definition) is 1. The van der Waals surface area contributed by atoms with Crippen molar-refractivity contribution in [2.75, 3.05) is 11.9 Å². The van der Waals surface area contributed by atoms with E-state index < -0.39 is 11.5 Å². The smallest absolute Gasteiger partial charge is 0.305 e. The molecule has 0 aliphatic heterocycles. The molecule has 21 heavy (non-hydrogen) atoms. The number of halogens is 1. The SMILES string of the molecule is CN(c1nccc(C#N)c1Cl)C1(CC(=O)O)CCCCC1. The van der Waals surface area contributed by atoms with Crippen LogP contribution in [0.4, 0.5) is 5.82 Å². The molecule has 0 atom stereocenters. The Morgan fingerprint density at radius 2 is 2.19 bits per heavy atom. The van der Waals surface area contributed by atoms with Gasteiger partial charge < -0.3 is 10.0 Å². The number of aromatic nitrogens is 1. The third-order valence-electron chi connectivity index (χ3n) is 4.29. The van der Waals surface area contributed by atoms with Gasteiger partial charge in [0.2, 0.25) is 0 Å². The first-order valence-corrected chi connectivity index (χ1v) is 7.38. The first kappa shape index (κ1) is 15.6. The molecule has 6 heteroatoms. The number of anilines is 1. The Morgan fingerprint density at radius 1 is 1.52 bits per heavy atom. The summed E-state index contributed by atoms with van der Waals surface area (Å²) in [6.07, 6.45) is 6.29. The van der Waals surface area contributed by atoms with E-state index in [1.807, 2.05) is 18.0 Å². The van der Waals surface area contributed by atoms with Crippen LogP contribution in [0.5, 0.6) is 0 Å². The molecule has 2 rings (SSSR count). The molecule has 1 aromatic rings. The normalized spacial score (nSPS) is 17.0. The van der Waals surface area contributed by atoms with Gasteiger partial charge in [0.15, 0.2) is 0 Å². The number of aliphatic carboxylic acids is 1. The molecule has 0 spiro atoms. The molecule has 0 unspecified atom stereocenters. The standard InChI is InChI=1S/C15H18ClN3O2/c1-19(14-13(16)11(10-17)5-8-18-14)15(9-12(20)21)6-3-2-4-7-15/h5,8H,2-4,6-7,9H2,1H3,(H,20,21). The number of carbonyl (C=O) groups is 1. The molecular weight excluding hydrogens is 290 g/mol. The van der Waals surface area contributed by atoms with Gasteiger partial charge in [-0.15, -0.1) is 0 Å². The van der Waals surface area contributed by atoms with Crippen LogP contribution in [0.15, 0.2) is 12.3 Å². The lowest BCUT2D eigenvalue weighted by Crippen LogP contribution is -2.50. The zero-order valence-corrected chi connectivity index (χ0v) is 12.7. The Balaban J connectivity index is 2.41. The Hall–Kier alpha value is -1.80. The predicted molar refractivity (Wildman–Crippen MR) is 80.4 cm³/mol. The highest BCUT2D eigenvalue weighted by Crippen LogP contribution is 2.40. The average molecular weight is 308 g/mol. The molecule has 0 saturated heterocycles. The zero-order chi connectivity index (χ0) is 15.5. The second-order valence-corrected chi connectivity index (χ2v) is 5.90. The molecule has 0 bridgehead atoms. The molecular formula is C15H18ClN3O2. The molecule has 1 heterocycles. The Kier molecular flexibility index (Phi) is 4.69. The minimum Gasteiger partial charge on any atom is -0.481 e. The van der Waals surface area contributed by atoms with Gasteiger partial charge in [0.25, 0.3) is 0 Å². The molecule has 0 amide bonds. The molecule has 1 aliphatic rings. The largest absolute Gasteiger partial charge is 0.481 e. The minimum atomic E-state index is -0.823. The maximum Gasteiger partial charge on any atom is 0.305 e. The van der Waals surface area contributed by atoms with Crippen molar-refractivity contribution >= 4 is 23.4 Å². The van der Waals surface area contributed by atoms with Gasteiger partial charge >= 0.3 is 5.97 Å². The molecule has 1 saturated carbocycles. The Bertz CT molecular complexity index is 577. The topological polar surface area (TPSA) is 77.2 Å². The monoisotopic (exact) mass is 307 g/mol. The van der Waals surface area contributed by atoms with E-state index in [0.717, 1.165) is 32.1 Å². The zero-order valence-electron chi connectivity index (χ0n) is 12.0. The fraction of sp³-hybridized carbons (Fsp3) is 0.533. The number of nitriles is 1. The number of pyridine rings is 1. The molecule has 112 valence electrons. The third kappa shape index (κ3) is 3.11. The van der Waals surface area contributed by atoms with Crippen LogP contribution < -0.4 is 4.90 Å². The molecule has 0 radical (unpaired) electrons. The second-order valence-electron chi connectivity index (χ2n) is 5.52. The summed E-state index contributed by atoms with van der Waals surface area (Å²) in [6, 6.07) is 3.59. The van der Waals surface area contributed by atoms with Crippen molar-refractivity contribution in [3.63, 3.8) is 0 Å². The van der Waals surface area contributed by atoms with Crippen LogP contribution in [-0.2, 0) is 4.79 Å². The lowest BCUT2D eigenvalue weighted by molar-refractivity contribution is -0.138. The number of hydrogen-bond acceptors (Lipinski definition) is 4. The van der Waals surface area contributed by atoms with Crippen LogP contribution in [-0.4, -0.2) is 28.6 Å². The molecule has 0 aromatic carbocycles. The Labute approximate surface area is 129 Å². The van der Waals surface area contributed by atoms with E-state index >= 15 is 0 Å². The van der Waals surface area contributed by atoms with E-state index in [1.165, 1.54) is 6.20 Å². The van der Waals surface area contributed by atoms with Crippen LogP contribution >= 0.6 is 11.6 Å². The Morgan fingerprint density at radius 3 is 2.76 bits per heavy atom. The van der Waals surface area contributed by atoms with Crippen LogP contribution in [0.25, 0.3) is 0 Å². The first-order chi connectivity index (χ1) is 10.00.